The van der Waals surface area contributed by atoms with Crippen LogP contribution in [0.4, 0.5) is 0 Å². The number of halogens is 1. The lowest BCUT2D eigenvalue weighted by molar-refractivity contribution is 0.729. The zero-order valence-electron chi connectivity index (χ0n) is 9.83. The molecule has 0 fully saturated rings. The highest BCUT2D eigenvalue weighted by molar-refractivity contribution is 9.11. The summed E-state index contributed by atoms with van der Waals surface area (Å²) in [6.45, 7) is 2.23. The second-order valence-electron chi connectivity index (χ2n) is 3.83. The van der Waals surface area contributed by atoms with Crippen LogP contribution in [0.2, 0.25) is 0 Å². The molecule has 0 saturated carbocycles. The maximum absolute atomic E-state index is 3.56. The predicted molar refractivity (Wildman–Crippen MR) is 76.6 cm³/mol. The Balaban J connectivity index is 2.38. The van der Waals surface area contributed by atoms with E-state index in [4.69, 9.17) is 0 Å². The summed E-state index contributed by atoms with van der Waals surface area (Å²) in [5, 5.41) is 0. The van der Waals surface area contributed by atoms with Crippen LogP contribution in [0.5, 0.6) is 0 Å². The molecule has 1 aromatic carbocycles. The SMILES string of the molecule is CCCCC/C=C(Br)/C=C/c1ccccc1. The van der Waals surface area contributed by atoms with E-state index in [1.54, 1.807) is 0 Å². The minimum atomic E-state index is 1.16. The fraction of sp³-hybridized carbons (Fsp3) is 0.333. The van der Waals surface area contributed by atoms with Crippen LogP contribution in [0.1, 0.15) is 38.2 Å². The molecular formula is C15H19Br. The van der Waals surface area contributed by atoms with Crippen molar-refractivity contribution in [3.8, 4) is 0 Å². The van der Waals surface area contributed by atoms with Crippen LogP contribution in [-0.2, 0) is 0 Å². The summed E-state index contributed by atoms with van der Waals surface area (Å²) in [5.74, 6) is 0. The van der Waals surface area contributed by atoms with E-state index >= 15 is 0 Å². The Bertz CT molecular complexity index is 336. The highest BCUT2D eigenvalue weighted by atomic mass is 79.9. The molecule has 1 rings (SSSR count). The monoisotopic (exact) mass is 278 g/mol. The highest BCUT2D eigenvalue weighted by Gasteiger charge is 1.87. The van der Waals surface area contributed by atoms with Crippen LogP contribution in [0.3, 0.4) is 0 Å². The summed E-state index contributed by atoms with van der Waals surface area (Å²) < 4.78 is 1.17. The maximum atomic E-state index is 3.56. The smallest absolute Gasteiger partial charge is 0.0135 e. The topological polar surface area (TPSA) is 0 Å². The maximum Gasteiger partial charge on any atom is 0.0135 e. The van der Waals surface area contributed by atoms with E-state index in [2.05, 4.69) is 65.3 Å². The van der Waals surface area contributed by atoms with E-state index in [-0.39, 0.29) is 0 Å². The Kier molecular flexibility index (Phi) is 6.91. The second kappa shape index (κ2) is 8.35. The quantitative estimate of drug-likeness (QED) is 0.472. The van der Waals surface area contributed by atoms with Gasteiger partial charge in [0.05, 0.1) is 0 Å². The number of hydrogen-bond acceptors (Lipinski definition) is 0. The Morgan fingerprint density at radius 2 is 1.94 bits per heavy atom. The average Bonchev–Trinajstić information content (AvgIpc) is 2.33. The normalized spacial score (nSPS) is 12.2. The molecule has 0 unspecified atom stereocenters. The van der Waals surface area contributed by atoms with E-state index in [0.29, 0.717) is 0 Å². The fourth-order valence-corrected chi connectivity index (χ4v) is 1.80. The lowest BCUT2D eigenvalue weighted by atomic mass is 10.2. The Morgan fingerprint density at radius 3 is 2.62 bits per heavy atom. The van der Waals surface area contributed by atoms with Gasteiger partial charge >= 0.3 is 0 Å². The lowest BCUT2D eigenvalue weighted by Gasteiger charge is -1.94. The molecule has 0 bridgehead atoms. The van der Waals surface area contributed by atoms with Crippen molar-refractivity contribution in [2.75, 3.05) is 0 Å². The first-order valence-corrected chi connectivity index (χ1v) is 6.71. The number of benzene rings is 1. The van der Waals surface area contributed by atoms with Gasteiger partial charge in [-0.15, -0.1) is 0 Å². The van der Waals surface area contributed by atoms with Crippen molar-refractivity contribution < 1.29 is 0 Å². The van der Waals surface area contributed by atoms with Crippen molar-refractivity contribution in [2.24, 2.45) is 0 Å². The van der Waals surface area contributed by atoms with Crippen molar-refractivity contribution in [3.05, 3.63) is 52.5 Å². The number of rotatable bonds is 6. The summed E-state index contributed by atoms with van der Waals surface area (Å²) in [7, 11) is 0. The van der Waals surface area contributed by atoms with Gasteiger partial charge in [-0.05, 0) is 24.5 Å². The molecule has 0 amide bonds. The summed E-state index contributed by atoms with van der Waals surface area (Å²) >= 11 is 3.56. The molecule has 0 radical (unpaired) electrons. The molecule has 0 heterocycles. The van der Waals surface area contributed by atoms with Crippen molar-refractivity contribution in [3.63, 3.8) is 0 Å². The second-order valence-corrected chi connectivity index (χ2v) is 4.74. The van der Waals surface area contributed by atoms with Gasteiger partial charge in [-0.2, -0.15) is 0 Å². The minimum Gasteiger partial charge on any atom is -0.0703 e. The number of allylic oxidation sites excluding steroid dienone is 3. The average molecular weight is 279 g/mol. The van der Waals surface area contributed by atoms with Gasteiger partial charge in [-0.3, -0.25) is 0 Å². The summed E-state index contributed by atoms with van der Waals surface area (Å²) in [6.07, 6.45) is 11.5. The largest absolute Gasteiger partial charge is 0.0703 e. The Labute approximate surface area is 107 Å². The number of unbranched alkanes of at least 4 members (excludes halogenated alkanes) is 3. The van der Waals surface area contributed by atoms with Crippen LogP contribution in [0, 0.1) is 0 Å². The van der Waals surface area contributed by atoms with Crippen molar-refractivity contribution in [2.45, 2.75) is 32.6 Å². The molecule has 0 aliphatic carbocycles. The van der Waals surface area contributed by atoms with E-state index < -0.39 is 0 Å². The minimum absolute atomic E-state index is 1.16. The third-order valence-electron chi connectivity index (χ3n) is 2.38. The summed E-state index contributed by atoms with van der Waals surface area (Å²) in [4.78, 5) is 0. The zero-order chi connectivity index (χ0) is 11.6. The van der Waals surface area contributed by atoms with Gasteiger partial charge in [-0.1, -0.05) is 78.2 Å². The van der Waals surface area contributed by atoms with Crippen LogP contribution in [0.15, 0.2) is 47.0 Å². The van der Waals surface area contributed by atoms with Crippen LogP contribution in [-0.4, -0.2) is 0 Å². The van der Waals surface area contributed by atoms with E-state index in [0.717, 1.165) is 6.42 Å². The first-order chi connectivity index (χ1) is 7.83. The van der Waals surface area contributed by atoms with E-state index in [1.165, 1.54) is 29.3 Å². The first kappa shape index (κ1) is 13.2. The molecule has 0 N–H and O–H groups in total. The van der Waals surface area contributed by atoms with Gasteiger partial charge in [-0.25, -0.2) is 0 Å². The Morgan fingerprint density at radius 1 is 1.19 bits per heavy atom. The van der Waals surface area contributed by atoms with Gasteiger partial charge in [0.2, 0.25) is 0 Å². The number of hydrogen-bond donors (Lipinski definition) is 0. The van der Waals surface area contributed by atoms with Crippen LogP contribution < -0.4 is 0 Å². The van der Waals surface area contributed by atoms with Gasteiger partial charge in [0, 0.05) is 4.48 Å². The molecule has 0 nitrogen and oxygen atoms in total. The van der Waals surface area contributed by atoms with Crippen LogP contribution >= 0.6 is 15.9 Å². The van der Waals surface area contributed by atoms with Gasteiger partial charge < -0.3 is 0 Å². The fourth-order valence-electron chi connectivity index (χ4n) is 1.44. The van der Waals surface area contributed by atoms with Gasteiger partial charge in [0.1, 0.15) is 0 Å². The summed E-state index contributed by atoms with van der Waals surface area (Å²) in [6, 6.07) is 10.4. The molecule has 0 spiro atoms. The van der Waals surface area contributed by atoms with Crippen molar-refractivity contribution in [1.82, 2.24) is 0 Å². The van der Waals surface area contributed by atoms with Crippen molar-refractivity contribution in [1.29, 1.82) is 0 Å². The molecule has 0 aliphatic heterocycles. The molecule has 1 heteroatoms. The van der Waals surface area contributed by atoms with E-state index in [1.807, 2.05) is 6.07 Å². The lowest BCUT2D eigenvalue weighted by Crippen LogP contribution is -1.73. The molecule has 0 aromatic heterocycles. The Hall–Kier alpha value is -0.820. The standard InChI is InChI=1S/C15H19Br/c1-2-3-4-8-11-15(16)13-12-14-9-6-5-7-10-14/h5-7,9-13H,2-4,8H2,1H3/b13-12+,15-11-. The third kappa shape index (κ3) is 5.92. The highest BCUT2D eigenvalue weighted by Crippen LogP contribution is 2.13. The molecule has 86 valence electrons. The third-order valence-corrected chi connectivity index (χ3v) is 2.97. The van der Waals surface area contributed by atoms with Gasteiger partial charge in [0.25, 0.3) is 0 Å². The van der Waals surface area contributed by atoms with Gasteiger partial charge in [0.15, 0.2) is 0 Å². The van der Waals surface area contributed by atoms with E-state index in [9.17, 15) is 0 Å². The molecule has 0 atom stereocenters. The molecule has 0 aliphatic rings. The first-order valence-electron chi connectivity index (χ1n) is 5.91. The van der Waals surface area contributed by atoms with Crippen LogP contribution in [0.25, 0.3) is 6.08 Å². The molecule has 0 saturated heterocycles. The molecule has 16 heavy (non-hydrogen) atoms. The summed E-state index contributed by atoms with van der Waals surface area (Å²) in [5.41, 5.74) is 1.24. The molecule has 1 aromatic rings. The zero-order valence-corrected chi connectivity index (χ0v) is 11.4. The van der Waals surface area contributed by atoms with Crippen molar-refractivity contribution >= 4 is 22.0 Å². The molecular weight excluding hydrogens is 260 g/mol. The predicted octanol–water partition coefficient (Wildman–Crippen LogP) is 5.56.